The van der Waals surface area contributed by atoms with Crippen molar-refractivity contribution in [2.75, 3.05) is 212 Å². The molecule has 7 aromatic rings. The number of ether oxygens (including phenoxy) is 3. The van der Waals surface area contributed by atoms with Crippen LogP contribution in [0.4, 0.5) is 21.0 Å². The molecule has 0 bridgehead atoms. The van der Waals surface area contributed by atoms with Crippen molar-refractivity contribution in [3.8, 4) is 5.75 Å². The van der Waals surface area contributed by atoms with Crippen LogP contribution in [0.3, 0.4) is 0 Å². The average Bonchev–Trinajstić information content (AvgIpc) is 1.61. The molecule has 0 atom stereocenters. The van der Waals surface area contributed by atoms with E-state index in [2.05, 4.69) is 67.4 Å². The minimum absolute atomic E-state index is 0.138. The zero-order chi connectivity index (χ0) is 95.3. The Morgan fingerprint density at radius 3 is 1.17 bits per heavy atom. The molecule has 0 unspecified atom stereocenters. The summed E-state index contributed by atoms with van der Waals surface area (Å²) in [7, 11) is -12.4. The highest BCUT2D eigenvalue weighted by Gasteiger charge is 2.52. The van der Waals surface area contributed by atoms with Crippen LogP contribution >= 0.6 is 31.9 Å². The van der Waals surface area contributed by atoms with Crippen LogP contribution in [0.2, 0.25) is 0 Å². The maximum absolute atomic E-state index is 12.6. The number of amides is 2. The highest BCUT2D eigenvalue weighted by Crippen LogP contribution is 2.51. The number of benzene rings is 4. The number of β-amino-alcohol motifs (C(OH)–C–C–N with tert-alkyl or cyclic N) is 1. The molecular weight excluding hydrogens is 1920 g/mol. The third kappa shape index (κ3) is 27.3. The van der Waals surface area contributed by atoms with E-state index in [0.29, 0.717) is 208 Å². The zero-order valence-electron chi connectivity index (χ0n) is 77.3. The monoisotopic (exact) mass is 2050 g/mol. The number of piperazine rings is 4. The maximum atomic E-state index is 12.6. The number of aliphatic hydroxyl groups is 1. The van der Waals surface area contributed by atoms with Gasteiger partial charge in [-0.1, -0.05) is 37.9 Å². The fourth-order valence-electron chi connectivity index (χ4n) is 19.4. The molecule has 4 aromatic carbocycles. The first-order valence-corrected chi connectivity index (χ1v) is 54.3. The number of rotatable bonds is 19. The SMILES string of the molecule is CC(C)(C)OC(=O)N1CCC2(CC(N)C2)C1.CC(C)(C)OC(=O)N1CCC2(CC(Nc3ccc4c(c3)oc(=O)n4CCN3CCN(S(C)(=O)=O)CC3)C2)C1.CS(=O)(=O)N1CCN(CCO)CC1.CS(=O)(=O)N1CCN(CCn2c(=O)oc3cc(Br)ccc32)CC1.CS(=O)(=O)N1CCN(CCn2c(=O)oc3cc(NC4CC5(CCNC5)C4)ccc32)CC1.O=C1Cc2ccc(Br)cc2O1. The number of carbonyl (C=O) groups is 3. The largest absolute Gasteiger partial charge is 0.444 e. The van der Waals surface area contributed by atoms with E-state index in [4.69, 9.17) is 38.3 Å². The van der Waals surface area contributed by atoms with Gasteiger partial charge >= 0.3 is 35.4 Å². The van der Waals surface area contributed by atoms with Crippen molar-refractivity contribution >= 4 is 135 Å². The van der Waals surface area contributed by atoms with Crippen LogP contribution < -0.4 is 43.7 Å². The van der Waals surface area contributed by atoms with Crippen LogP contribution in [-0.2, 0) is 80.4 Å². The molecular formula is C88H131Br2N17O21S4. The molecule has 0 radical (unpaired) electrons. The summed E-state index contributed by atoms with van der Waals surface area (Å²) in [4.78, 5) is 84.2. The van der Waals surface area contributed by atoms with Crippen LogP contribution in [0, 0.1) is 16.2 Å². The van der Waals surface area contributed by atoms with Crippen LogP contribution in [0.25, 0.3) is 33.3 Å². The Kier molecular flexibility index (Phi) is 32.7. The summed E-state index contributed by atoms with van der Waals surface area (Å²) in [5, 5.41) is 19.3. The van der Waals surface area contributed by atoms with Crippen molar-refractivity contribution in [2.24, 2.45) is 22.0 Å². The van der Waals surface area contributed by atoms with Gasteiger partial charge in [0.15, 0.2) is 16.7 Å². The van der Waals surface area contributed by atoms with Gasteiger partial charge in [-0.3, -0.25) is 38.1 Å². The number of nitrogens with two attached hydrogens (primary N) is 1. The number of hydrogen-bond acceptors (Lipinski definition) is 29. The lowest BCUT2D eigenvalue weighted by Crippen LogP contribution is -2.49. The van der Waals surface area contributed by atoms with Gasteiger partial charge in [0, 0.05) is 239 Å². The standard InChI is InChI=1S/C26H39N5O6S.C21H31N5O4S.C14H18BrN3O4S.C12H22N2O2.C8H5BrO2.C7H16N2O3S/c1-25(2,3)37-23(32)29-8-7-26(18-29)16-20(17-26)27-19-5-6-21-22(15-19)36-24(33)31(21)14-11-28-9-12-30(13-10-28)38(4,34)35;1-31(28,29)25-9-6-24(7-10-25)8-11-26-18-3-2-16(12-19(18)30-20(26)27)23-17-13-21(14-17)4-5-22-15-21;1-23(20,21)17-7-4-16(5-8-17)6-9-18-12-3-2-11(15)10-13(12)22-14(18)19;1-11(2,3)16-10(15)14-5-4-12(8-14)6-9(13)7-12;9-6-2-1-5-3-8(10)11-7(5)4-6;1-13(11,12)9-4-2-8(3-5-9)6-7-10/h5-6,15,20,27H,7-14,16-18H2,1-4H3;2-3,12,17,22-23H,4-11,13-15H2,1H3;2-3,10H,4-9H2,1H3;9H,4-8,13H2,1-3H3;1-2,4H,3H2;10H,2-7H2,1H3. The molecule has 11 aliphatic rings. The van der Waals surface area contributed by atoms with E-state index in [1.54, 1.807) is 25.8 Å². The fraction of sp³-hybridized carbons (Fsp3) is 0.659. The number of anilines is 2. The normalized spacial score (nSPS) is 24.3. The number of aliphatic hydroxyl groups excluding tert-OH is 1. The first-order chi connectivity index (χ1) is 62.0. The first-order valence-electron chi connectivity index (χ1n) is 45.4. The van der Waals surface area contributed by atoms with Crippen molar-refractivity contribution in [1.82, 2.24) is 65.6 Å². The molecule has 6 N–H and O–H groups in total. The number of likely N-dealkylation sites (tertiary alicyclic amines) is 2. The molecule has 3 spiro atoms. The van der Waals surface area contributed by atoms with Crippen molar-refractivity contribution in [2.45, 2.75) is 155 Å². The number of nitrogens with zero attached hydrogens (tertiary/aromatic N) is 13. The third-order valence-electron chi connectivity index (χ3n) is 26.5. The Morgan fingerprint density at radius 2 is 0.811 bits per heavy atom. The topological polar surface area (TPSA) is 436 Å². The number of fused-ring (bicyclic) bond motifs is 4. The Bertz CT molecular complexity index is 5880. The van der Waals surface area contributed by atoms with Gasteiger partial charge in [-0.2, -0.15) is 17.2 Å². The summed E-state index contributed by atoms with van der Waals surface area (Å²) in [6.45, 7) is 30.4. The third-order valence-corrected chi connectivity index (χ3v) is 32.7. The lowest BCUT2D eigenvalue weighted by atomic mass is 9.65. The van der Waals surface area contributed by atoms with E-state index in [0.717, 1.165) is 120 Å². The molecule has 7 saturated heterocycles. The maximum Gasteiger partial charge on any atom is 0.419 e. The van der Waals surface area contributed by atoms with Gasteiger partial charge in [0.25, 0.3) is 0 Å². The molecule has 3 aromatic heterocycles. The van der Waals surface area contributed by atoms with E-state index in [9.17, 15) is 62.4 Å². The summed E-state index contributed by atoms with van der Waals surface area (Å²) in [6.07, 6.45) is 14.8. The predicted molar refractivity (Wildman–Crippen MR) is 511 cm³/mol. The second kappa shape index (κ2) is 42.3. The summed E-state index contributed by atoms with van der Waals surface area (Å²) in [5.41, 5.74) is 12.8. The number of carbonyl (C=O) groups excluding carboxylic acids is 3. The second-order valence-electron chi connectivity index (χ2n) is 39.1. The molecule has 732 valence electrons. The molecule has 3 aliphatic carbocycles. The Hall–Kier alpha value is -7.38. The Balaban J connectivity index is 0.000000142. The summed E-state index contributed by atoms with van der Waals surface area (Å²) in [5.74, 6) is -0.584. The van der Waals surface area contributed by atoms with Crippen molar-refractivity contribution in [3.05, 3.63) is 119 Å². The van der Waals surface area contributed by atoms with Crippen molar-refractivity contribution in [3.63, 3.8) is 0 Å². The second-order valence-corrected chi connectivity index (χ2v) is 48.8. The lowest BCUT2D eigenvalue weighted by Gasteiger charge is -2.45. The average molecular weight is 2050 g/mol. The number of esters is 1. The highest BCUT2D eigenvalue weighted by atomic mass is 79.9. The minimum Gasteiger partial charge on any atom is -0.444 e. The molecule has 3 saturated carbocycles. The Morgan fingerprint density at radius 1 is 0.462 bits per heavy atom. The number of hydrogen-bond donors (Lipinski definition) is 5. The van der Waals surface area contributed by atoms with Crippen molar-refractivity contribution in [1.29, 1.82) is 0 Å². The van der Waals surface area contributed by atoms with E-state index < -0.39 is 51.3 Å². The molecule has 38 nitrogen and oxygen atoms in total. The quantitative estimate of drug-likeness (QED) is 0.0442. The van der Waals surface area contributed by atoms with E-state index in [1.165, 1.54) is 61.5 Å². The fourth-order valence-corrected chi connectivity index (χ4v) is 23.4. The zero-order valence-corrected chi connectivity index (χ0v) is 83.8. The molecule has 132 heavy (non-hydrogen) atoms. The van der Waals surface area contributed by atoms with Gasteiger partial charge < -0.3 is 64.1 Å². The highest BCUT2D eigenvalue weighted by molar-refractivity contribution is 9.10. The molecule has 44 heteroatoms. The van der Waals surface area contributed by atoms with E-state index in [1.807, 2.05) is 112 Å². The number of sulfonamides is 4. The van der Waals surface area contributed by atoms with Gasteiger partial charge in [-0.25, -0.2) is 57.6 Å². The molecule has 18 rings (SSSR count). The summed E-state index contributed by atoms with van der Waals surface area (Å²) >= 11 is 6.65. The van der Waals surface area contributed by atoms with Gasteiger partial charge in [0.2, 0.25) is 40.1 Å². The molecule has 8 aliphatic heterocycles. The number of aromatic nitrogens is 3. The number of halogens is 2. The van der Waals surface area contributed by atoms with Gasteiger partial charge in [-0.15, -0.1) is 0 Å². The van der Waals surface area contributed by atoms with Gasteiger partial charge in [0.05, 0.1) is 54.6 Å². The van der Waals surface area contributed by atoms with E-state index in [-0.39, 0.29) is 47.4 Å². The van der Waals surface area contributed by atoms with Crippen LogP contribution in [0.15, 0.2) is 109 Å². The summed E-state index contributed by atoms with van der Waals surface area (Å²) < 4.78 is 137. The van der Waals surface area contributed by atoms with Gasteiger partial charge in [0.1, 0.15) is 17.0 Å². The lowest BCUT2D eigenvalue weighted by molar-refractivity contribution is -0.131. The van der Waals surface area contributed by atoms with Crippen LogP contribution in [-0.4, -0.2) is 348 Å². The van der Waals surface area contributed by atoms with Crippen molar-refractivity contribution < 1.29 is 80.6 Å². The van der Waals surface area contributed by atoms with Crippen LogP contribution in [0.1, 0.15) is 105 Å². The van der Waals surface area contributed by atoms with Gasteiger partial charge in [-0.05, 0) is 177 Å². The summed E-state index contributed by atoms with van der Waals surface area (Å²) in [6, 6.07) is 23.9. The first kappa shape index (κ1) is 102. The minimum atomic E-state index is -3.16. The smallest absolute Gasteiger partial charge is 0.419 e. The molecule has 11 heterocycles. The molecule has 10 fully saturated rings. The predicted octanol–water partition coefficient (Wildman–Crippen LogP) is 6.23. The number of oxazole rings is 3. The van der Waals surface area contributed by atoms with Crippen LogP contribution in [0.5, 0.6) is 5.75 Å². The molecule has 2 amide bonds. The number of nitrogens with one attached hydrogen (secondary N) is 3. The Labute approximate surface area is 789 Å². The van der Waals surface area contributed by atoms with E-state index >= 15 is 0 Å².